The molecule has 0 atom stereocenters. The highest BCUT2D eigenvalue weighted by Crippen LogP contribution is 2.36. The number of thiazole rings is 1. The molecule has 150 valence electrons. The first kappa shape index (κ1) is 19.4. The van der Waals surface area contributed by atoms with Crippen LogP contribution >= 0.6 is 22.9 Å². The number of nitrogens with zero attached hydrogens (tertiary/aromatic N) is 2. The number of hydrogen-bond acceptors (Lipinski definition) is 6. The van der Waals surface area contributed by atoms with Crippen LogP contribution in [0.3, 0.4) is 0 Å². The van der Waals surface area contributed by atoms with Crippen LogP contribution in [-0.4, -0.2) is 42.6 Å². The van der Waals surface area contributed by atoms with Crippen LogP contribution in [0.25, 0.3) is 0 Å². The summed E-state index contributed by atoms with van der Waals surface area (Å²) in [6.07, 6.45) is 2.03. The van der Waals surface area contributed by atoms with Gasteiger partial charge in [0.2, 0.25) is 10.0 Å². The molecule has 1 aromatic carbocycles. The van der Waals surface area contributed by atoms with Crippen molar-refractivity contribution in [3.05, 3.63) is 33.8 Å². The highest BCUT2D eigenvalue weighted by atomic mass is 35.5. The van der Waals surface area contributed by atoms with E-state index in [1.807, 2.05) is 0 Å². The van der Waals surface area contributed by atoms with Gasteiger partial charge in [0.1, 0.15) is 5.75 Å². The van der Waals surface area contributed by atoms with Crippen LogP contribution in [0.15, 0.2) is 18.2 Å². The highest BCUT2D eigenvalue weighted by molar-refractivity contribution is 7.90. The van der Waals surface area contributed by atoms with E-state index in [4.69, 9.17) is 16.3 Å². The minimum absolute atomic E-state index is 0.224. The summed E-state index contributed by atoms with van der Waals surface area (Å²) < 4.78 is 31.6. The number of benzene rings is 1. The molecule has 4 rings (SSSR count). The second-order valence-corrected chi connectivity index (χ2v) is 10.4. The summed E-state index contributed by atoms with van der Waals surface area (Å²) in [4.78, 5) is 17.6. The van der Waals surface area contributed by atoms with Gasteiger partial charge in [-0.2, -0.15) is 4.31 Å². The second kappa shape index (κ2) is 7.51. The average Bonchev–Trinajstić information content (AvgIpc) is 3.43. The summed E-state index contributed by atoms with van der Waals surface area (Å²) >= 11 is 7.26. The fraction of sp³-hybridized carbons (Fsp3) is 0.412. The summed E-state index contributed by atoms with van der Waals surface area (Å²) in [5, 5.41) is 6.06. The normalized spacial score (nSPS) is 17.1. The summed E-state index contributed by atoms with van der Waals surface area (Å²) in [5.74, 6) is 0.485. The molecule has 0 saturated heterocycles. The van der Waals surface area contributed by atoms with Crippen LogP contribution in [-0.2, 0) is 23.0 Å². The second-order valence-electron chi connectivity index (χ2n) is 6.64. The van der Waals surface area contributed by atoms with E-state index < -0.39 is 16.1 Å². The number of rotatable bonds is 5. The number of halogens is 1. The lowest BCUT2D eigenvalue weighted by molar-refractivity contribution is 0.262. The van der Waals surface area contributed by atoms with Gasteiger partial charge in [0.15, 0.2) is 5.13 Å². The monoisotopic (exact) mass is 442 g/mol. The van der Waals surface area contributed by atoms with Crippen molar-refractivity contribution in [3.8, 4) is 5.75 Å². The predicted octanol–water partition coefficient (Wildman–Crippen LogP) is 3.30. The number of nitrogens with one attached hydrogen (secondary N) is 2. The molecule has 2 aliphatic rings. The molecule has 2 aromatic rings. The van der Waals surface area contributed by atoms with E-state index in [-0.39, 0.29) is 5.25 Å². The average molecular weight is 443 g/mol. The smallest absolute Gasteiger partial charge is 0.325 e. The van der Waals surface area contributed by atoms with Gasteiger partial charge in [-0.05, 0) is 31.0 Å². The first-order valence-corrected chi connectivity index (χ1v) is 11.5. The zero-order valence-electron chi connectivity index (χ0n) is 15.1. The maximum Gasteiger partial charge on any atom is 0.325 e. The van der Waals surface area contributed by atoms with Gasteiger partial charge in [0.25, 0.3) is 0 Å². The molecular weight excluding hydrogens is 424 g/mol. The molecule has 1 fully saturated rings. The van der Waals surface area contributed by atoms with Crippen LogP contribution in [0.5, 0.6) is 5.75 Å². The number of urea groups is 1. The molecule has 1 aliphatic carbocycles. The van der Waals surface area contributed by atoms with Gasteiger partial charge < -0.3 is 10.1 Å². The van der Waals surface area contributed by atoms with Gasteiger partial charge in [-0.15, -0.1) is 0 Å². The van der Waals surface area contributed by atoms with Crippen molar-refractivity contribution < 1.29 is 17.9 Å². The third-order valence-electron chi connectivity index (χ3n) is 4.63. The Kier molecular flexibility index (Phi) is 5.21. The minimum atomic E-state index is -3.21. The first-order valence-electron chi connectivity index (χ1n) is 8.76. The van der Waals surface area contributed by atoms with Gasteiger partial charge in [-0.3, -0.25) is 5.32 Å². The zero-order chi connectivity index (χ0) is 19.9. The summed E-state index contributed by atoms with van der Waals surface area (Å²) in [6.45, 7) is 0.748. The van der Waals surface area contributed by atoms with Crippen LogP contribution in [0.4, 0.5) is 15.6 Å². The third-order valence-corrected chi connectivity index (χ3v) is 8.21. The van der Waals surface area contributed by atoms with Crippen LogP contribution in [0.2, 0.25) is 5.02 Å². The van der Waals surface area contributed by atoms with E-state index in [0.29, 0.717) is 41.1 Å². The number of carbonyl (C=O) groups is 1. The first-order chi connectivity index (χ1) is 13.4. The Hall–Kier alpha value is -1.88. The maximum absolute atomic E-state index is 12.4. The Balaban J connectivity index is 1.44. The molecule has 28 heavy (non-hydrogen) atoms. The summed E-state index contributed by atoms with van der Waals surface area (Å²) in [6, 6.07) is 4.44. The SMILES string of the molecule is COc1ccc(Cl)cc1NC(=O)Nc1nc2c(s1)CN(S(=O)(=O)C1CC1)CC2. The quantitative estimate of drug-likeness (QED) is 0.739. The molecule has 1 aliphatic heterocycles. The van der Waals surface area contributed by atoms with E-state index in [1.165, 1.54) is 22.8 Å². The van der Waals surface area contributed by atoms with Gasteiger partial charge in [0, 0.05) is 29.4 Å². The minimum Gasteiger partial charge on any atom is -0.495 e. The van der Waals surface area contributed by atoms with Crippen molar-refractivity contribution in [1.29, 1.82) is 0 Å². The molecule has 8 nitrogen and oxygen atoms in total. The van der Waals surface area contributed by atoms with Crippen molar-refractivity contribution >= 4 is 49.8 Å². The fourth-order valence-corrected chi connectivity index (χ4v) is 6.13. The molecule has 0 unspecified atom stereocenters. The van der Waals surface area contributed by atoms with Crippen molar-refractivity contribution in [2.24, 2.45) is 0 Å². The van der Waals surface area contributed by atoms with Crippen molar-refractivity contribution in [2.45, 2.75) is 31.1 Å². The van der Waals surface area contributed by atoms with Gasteiger partial charge in [-0.25, -0.2) is 18.2 Å². The van der Waals surface area contributed by atoms with Crippen molar-refractivity contribution in [2.75, 3.05) is 24.3 Å². The molecule has 0 spiro atoms. The molecule has 0 radical (unpaired) electrons. The number of anilines is 2. The Labute approximate surface area is 171 Å². The Morgan fingerprint density at radius 2 is 2.14 bits per heavy atom. The maximum atomic E-state index is 12.4. The topological polar surface area (TPSA) is 101 Å². The Bertz CT molecular complexity index is 1020. The Morgan fingerprint density at radius 3 is 2.86 bits per heavy atom. The van der Waals surface area contributed by atoms with Gasteiger partial charge in [0.05, 0.1) is 23.7 Å². The van der Waals surface area contributed by atoms with Crippen molar-refractivity contribution in [3.63, 3.8) is 0 Å². The van der Waals surface area contributed by atoms with E-state index in [2.05, 4.69) is 15.6 Å². The van der Waals surface area contributed by atoms with Crippen LogP contribution < -0.4 is 15.4 Å². The lowest BCUT2D eigenvalue weighted by Gasteiger charge is -2.25. The fourth-order valence-electron chi connectivity index (χ4n) is 3.05. The predicted molar refractivity (Wildman–Crippen MR) is 109 cm³/mol. The third kappa shape index (κ3) is 3.95. The molecule has 0 bridgehead atoms. The number of sulfonamides is 1. The molecule has 11 heteroatoms. The number of hydrogen-bond donors (Lipinski definition) is 2. The molecule has 1 saturated carbocycles. The number of ether oxygens (including phenoxy) is 1. The highest BCUT2D eigenvalue weighted by Gasteiger charge is 2.41. The molecular formula is C17H19ClN4O4S2. The molecule has 2 N–H and O–H groups in total. The number of methoxy groups -OCH3 is 1. The number of amides is 2. The van der Waals surface area contributed by atoms with Crippen molar-refractivity contribution in [1.82, 2.24) is 9.29 Å². The van der Waals surface area contributed by atoms with Gasteiger partial charge >= 0.3 is 6.03 Å². The lowest BCUT2D eigenvalue weighted by atomic mass is 10.2. The number of carbonyl (C=O) groups excluding carboxylic acids is 1. The number of fused-ring (bicyclic) bond motifs is 1. The van der Waals surface area contributed by atoms with E-state index in [9.17, 15) is 13.2 Å². The zero-order valence-corrected chi connectivity index (χ0v) is 17.5. The lowest BCUT2D eigenvalue weighted by Crippen LogP contribution is -2.37. The molecule has 2 amide bonds. The summed E-state index contributed by atoms with van der Waals surface area (Å²) in [7, 11) is -1.71. The van der Waals surface area contributed by atoms with E-state index >= 15 is 0 Å². The Morgan fingerprint density at radius 1 is 1.36 bits per heavy atom. The van der Waals surface area contributed by atoms with Crippen LogP contribution in [0, 0.1) is 0 Å². The van der Waals surface area contributed by atoms with E-state index in [0.717, 1.165) is 23.4 Å². The summed E-state index contributed by atoms with van der Waals surface area (Å²) in [5.41, 5.74) is 1.28. The van der Waals surface area contributed by atoms with E-state index in [1.54, 1.807) is 18.2 Å². The molecule has 2 heterocycles. The largest absolute Gasteiger partial charge is 0.495 e. The van der Waals surface area contributed by atoms with Gasteiger partial charge in [-0.1, -0.05) is 22.9 Å². The standard InChI is InChI=1S/C17H19ClN4O4S2/c1-26-14-5-2-10(18)8-13(14)19-16(23)21-17-20-12-6-7-22(9-15(12)27-17)28(24,25)11-3-4-11/h2,5,8,11H,3-4,6-7,9H2,1H3,(H2,19,20,21,23). The van der Waals surface area contributed by atoms with Crippen LogP contribution in [0.1, 0.15) is 23.4 Å². The molecule has 1 aromatic heterocycles. The number of aromatic nitrogens is 1.